The number of carbonyl (C=O) groups is 1. The van der Waals surface area contributed by atoms with Gasteiger partial charge in [-0.15, -0.1) is 12.4 Å². The number of hydrogen-bond acceptors (Lipinski definition) is 3. The minimum Gasteiger partial charge on any atom is -0.330 e. The summed E-state index contributed by atoms with van der Waals surface area (Å²) in [6.45, 7) is 0.350. The summed E-state index contributed by atoms with van der Waals surface area (Å²) in [6.07, 6.45) is 0.302. The van der Waals surface area contributed by atoms with Crippen LogP contribution in [0, 0.1) is 0 Å². The van der Waals surface area contributed by atoms with Crippen molar-refractivity contribution in [2.24, 2.45) is 11.6 Å². The Kier molecular flexibility index (Phi) is 8.87. The van der Waals surface area contributed by atoms with Gasteiger partial charge in [-0.25, -0.2) is 5.84 Å². The molecule has 0 aromatic heterocycles. The predicted octanol–water partition coefficient (Wildman–Crippen LogP) is -1.25. The maximum atomic E-state index is 10.1. The third kappa shape index (κ3) is 5.68. The van der Waals surface area contributed by atoms with Gasteiger partial charge in [0.1, 0.15) is 0 Å². The molecule has 0 aliphatic carbocycles. The number of rotatable bonds is 2. The summed E-state index contributed by atoms with van der Waals surface area (Å²) < 4.78 is 0. The molecule has 4 nitrogen and oxygen atoms in total. The highest BCUT2D eigenvalue weighted by atomic mass is 35.5. The molecule has 0 heterocycles. The minimum absolute atomic E-state index is 0. The summed E-state index contributed by atoms with van der Waals surface area (Å²) in [4.78, 5) is 10.1. The number of hydrazine groups is 1. The maximum Gasteiger partial charge on any atom is 0.235 e. The first-order valence-electron chi connectivity index (χ1n) is 2.00. The van der Waals surface area contributed by atoms with Gasteiger partial charge in [0.15, 0.2) is 0 Å². The van der Waals surface area contributed by atoms with Crippen LogP contribution in [0.3, 0.4) is 0 Å². The van der Waals surface area contributed by atoms with Gasteiger partial charge >= 0.3 is 0 Å². The fraction of sp³-hybridized carbons (Fsp3) is 0.667. The van der Waals surface area contributed by atoms with E-state index in [1.54, 1.807) is 0 Å². The highest BCUT2D eigenvalue weighted by molar-refractivity contribution is 5.85. The van der Waals surface area contributed by atoms with Gasteiger partial charge < -0.3 is 5.73 Å². The second kappa shape index (κ2) is 6.68. The second-order valence-electron chi connectivity index (χ2n) is 1.11. The van der Waals surface area contributed by atoms with Gasteiger partial charge in [-0.2, -0.15) is 0 Å². The zero-order valence-corrected chi connectivity index (χ0v) is 5.20. The normalized spacial score (nSPS) is 7.25. The summed E-state index contributed by atoms with van der Waals surface area (Å²) in [7, 11) is 0. The third-order valence-corrected chi connectivity index (χ3v) is 0.532. The van der Waals surface area contributed by atoms with Crippen molar-refractivity contribution in [3.8, 4) is 0 Å². The molecule has 0 fully saturated rings. The minimum atomic E-state index is -0.220. The highest BCUT2D eigenvalue weighted by Crippen LogP contribution is 1.67. The SMILES string of the molecule is Cl.NCCC(=O)NN. The van der Waals surface area contributed by atoms with Gasteiger partial charge in [-0.05, 0) is 0 Å². The van der Waals surface area contributed by atoms with Crippen molar-refractivity contribution in [1.29, 1.82) is 0 Å². The molecular formula is C3H10ClN3O. The Balaban J connectivity index is 0. The largest absolute Gasteiger partial charge is 0.330 e. The van der Waals surface area contributed by atoms with Crippen LogP contribution in [0.2, 0.25) is 0 Å². The van der Waals surface area contributed by atoms with Gasteiger partial charge in [0.2, 0.25) is 5.91 Å². The zero-order chi connectivity index (χ0) is 5.70. The molecule has 0 saturated carbocycles. The fourth-order valence-corrected chi connectivity index (χ4v) is 0.203. The molecule has 0 aromatic carbocycles. The molecule has 0 bridgehead atoms. The summed E-state index contributed by atoms with van der Waals surface area (Å²) in [5.41, 5.74) is 6.94. The highest BCUT2D eigenvalue weighted by Gasteiger charge is 1.90. The monoisotopic (exact) mass is 139 g/mol. The van der Waals surface area contributed by atoms with Gasteiger partial charge in [0.25, 0.3) is 0 Å². The smallest absolute Gasteiger partial charge is 0.235 e. The van der Waals surface area contributed by atoms with Crippen LogP contribution >= 0.6 is 12.4 Å². The lowest BCUT2D eigenvalue weighted by atomic mass is 10.4. The Morgan fingerprint density at radius 2 is 2.12 bits per heavy atom. The van der Waals surface area contributed by atoms with E-state index in [1.807, 2.05) is 5.43 Å². The topological polar surface area (TPSA) is 81.1 Å². The van der Waals surface area contributed by atoms with Gasteiger partial charge in [0, 0.05) is 13.0 Å². The van der Waals surface area contributed by atoms with Crippen LogP contribution in [-0.4, -0.2) is 12.5 Å². The molecule has 0 saturated heterocycles. The van der Waals surface area contributed by atoms with Crippen molar-refractivity contribution in [3.63, 3.8) is 0 Å². The maximum absolute atomic E-state index is 10.1. The number of halogens is 1. The quantitative estimate of drug-likeness (QED) is 0.254. The van der Waals surface area contributed by atoms with Gasteiger partial charge in [-0.1, -0.05) is 0 Å². The van der Waals surface area contributed by atoms with E-state index in [0.717, 1.165) is 0 Å². The van der Waals surface area contributed by atoms with E-state index in [2.05, 4.69) is 0 Å². The molecule has 0 rings (SSSR count). The number of nitrogens with two attached hydrogens (primary N) is 2. The lowest BCUT2D eigenvalue weighted by Crippen LogP contribution is -2.31. The Hall–Kier alpha value is -0.320. The standard InChI is InChI=1S/C3H9N3O.ClH/c4-2-1-3(7)6-5;/h1-2,4-5H2,(H,6,7);1H. The molecule has 0 aliphatic heterocycles. The molecule has 0 radical (unpaired) electrons. The number of amides is 1. The molecule has 0 spiro atoms. The van der Waals surface area contributed by atoms with Crippen LogP contribution < -0.4 is 17.0 Å². The van der Waals surface area contributed by atoms with E-state index < -0.39 is 0 Å². The zero-order valence-electron chi connectivity index (χ0n) is 4.39. The molecule has 8 heavy (non-hydrogen) atoms. The summed E-state index contributed by atoms with van der Waals surface area (Å²) in [5, 5.41) is 0. The molecule has 0 unspecified atom stereocenters. The van der Waals surface area contributed by atoms with E-state index >= 15 is 0 Å². The van der Waals surface area contributed by atoms with Gasteiger partial charge in [0.05, 0.1) is 0 Å². The van der Waals surface area contributed by atoms with Crippen molar-refractivity contribution >= 4 is 18.3 Å². The number of nitrogens with one attached hydrogen (secondary N) is 1. The Bertz CT molecular complexity index is 67.5. The van der Waals surface area contributed by atoms with E-state index in [9.17, 15) is 4.79 Å². The van der Waals surface area contributed by atoms with Crippen LogP contribution in [0.5, 0.6) is 0 Å². The number of carbonyl (C=O) groups excluding carboxylic acids is 1. The van der Waals surface area contributed by atoms with Crippen molar-refractivity contribution in [3.05, 3.63) is 0 Å². The molecule has 5 N–H and O–H groups in total. The van der Waals surface area contributed by atoms with Crippen LogP contribution in [0.25, 0.3) is 0 Å². The lowest BCUT2D eigenvalue weighted by Gasteiger charge is -1.91. The molecule has 1 amide bonds. The summed E-state index contributed by atoms with van der Waals surface area (Å²) in [5.74, 6) is 4.48. The molecule has 0 aromatic rings. The average molecular weight is 140 g/mol. The van der Waals surface area contributed by atoms with Crippen LogP contribution in [0.4, 0.5) is 0 Å². The Morgan fingerprint density at radius 1 is 1.62 bits per heavy atom. The van der Waals surface area contributed by atoms with E-state index in [-0.39, 0.29) is 18.3 Å². The second-order valence-corrected chi connectivity index (χ2v) is 1.11. The molecule has 5 heteroatoms. The van der Waals surface area contributed by atoms with Crippen LogP contribution in [-0.2, 0) is 4.79 Å². The van der Waals surface area contributed by atoms with Crippen LogP contribution in [0.1, 0.15) is 6.42 Å². The predicted molar refractivity (Wildman–Crippen MR) is 33.2 cm³/mol. The van der Waals surface area contributed by atoms with E-state index in [0.29, 0.717) is 13.0 Å². The Labute approximate surface area is 54.0 Å². The first-order chi connectivity index (χ1) is 3.31. The molecular weight excluding hydrogens is 130 g/mol. The Morgan fingerprint density at radius 3 is 2.25 bits per heavy atom. The lowest BCUT2D eigenvalue weighted by molar-refractivity contribution is -0.120. The fourth-order valence-electron chi connectivity index (χ4n) is 0.203. The van der Waals surface area contributed by atoms with E-state index in [4.69, 9.17) is 11.6 Å². The third-order valence-electron chi connectivity index (χ3n) is 0.532. The first-order valence-corrected chi connectivity index (χ1v) is 2.00. The average Bonchev–Trinajstić information content (AvgIpc) is 1.68. The summed E-state index contributed by atoms with van der Waals surface area (Å²) >= 11 is 0. The number of hydrogen-bond donors (Lipinski definition) is 3. The molecule has 0 atom stereocenters. The van der Waals surface area contributed by atoms with Crippen LogP contribution in [0.15, 0.2) is 0 Å². The van der Waals surface area contributed by atoms with E-state index in [1.165, 1.54) is 0 Å². The van der Waals surface area contributed by atoms with Crippen molar-refractivity contribution in [1.82, 2.24) is 5.43 Å². The van der Waals surface area contributed by atoms with Gasteiger partial charge in [-0.3, -0.25) is 10.2 Å². The van der Waals surface area contributed by atoms with Crippen molar-refractivity contribution < 1.29 is 4.79 Å². The van der Waals surface area contributed by atoms with Crippen molar-refractivity contribution in [2.45, 2.75) is 6.42 Å². The van der Waals surface area contributed by atoms with Crippen molar-refractivity contribution in [2.75, 3.05) is 6.54 Å². The molecule has 0 aliphatic rings. The first kappa shape index (κ1) is 10.6. The molecule has 50 valence electrons. The summed E-state index contributed by atoms with van der Waals surface area (Å²) in [6, 6.07) is 0.